The minimum Gasteiger partial charge on any atom is -0.365 e. The van der Waals surface area contributed by atoms with Gasteiger partial charge in [0, 0.05) is 17.1 Å². The second-order valence-electron chi connectivity index (χ2n) is 4.30. The van der Waals surface area contributed by atoms with Crippen LogP contribution < -0.4 is 5.73 Å². The zero-order valence-electron chi connectivity index (χ0n) is 10.9. The number of nitrogens with two attached hydrogens (primary N) is 1. The number of rotatable bonds is 3. The van der Waals surface area contributed by atoms with Crippen LogP contribution in [0.15, 0.2) is 47.5 Å². The van der Waals surface area contributed by atoms with Crippen LogP contribution in [-0.4, -0.2) is 15.3 Å². The average Bonchev–Trinajstić information content (AvgIpc) is 3.06. The molecule has 0 fully saturated rings. The van der Waals surface area contributed by atoms with E-state index in [0.717, 1.165) is 16.2 Å². The van der Waals surface area contributed by atoms with Crippen LogP contribution in [0.2, 0.25) is 0 Å². The lowest BCUT2D eigenvalue weighted by molar-refractivity contribution is -0.114. The Balaban J connectivity index is 2.27. The van der Waals surface area contributed by atoms with Crippen LogP contribution in [0.5, 0.6) is 0 Å². The fourth-order valence-electron chi connectivity index (χ4n) is 2.04. The number of thiazole rings is 1. The Morgan fingerprint density at radius 2 is 2.14 bits per heavy atom. The lowest BCUT2D eigenvalue weighted by Gasteiger charge is -2.00. The molecule has 0 atom stereocenters. The first-order valence-corrected chi connectivity index (χ1v) is 7.01. The largest absolute Gasteiger partial charge is 0.365 e. The van der Waals surface area contributed by atoms with Gasteiger partial charge in [-0.15, -0.1) is 11.3 Å². The summed E-state index contributed by atoms with van der Waals surface area (Å²) in [4.78, 5) is 16.6. The minimum absolute atomic E-state index is 0.0971. The molecule has 0 aliphatic carbocycles. The lowest BCUT2D eigenvalue weighted by Crippen LogP contribution is -2.12. The van der Waals surface area contributed by atoms with Gasteiger partial charge < -0.3 is 5.73 Å². The predicted molar refractivity (Wildman–Crippen MR) is 81.3 cm³/mol. The van der Waals surface area contributed by atoms with E-state index in [1.54, 1.807) is 0 Å². The molecule has 0 aliphatic heterocycles. The van der Waals surface area contributed by atoms with Crippen molar-refractivity contribution >= 4 is 28.3 Å². The number of aromatic nitrogens is 2. The predicted octanol–water partition coefficient (Wildman–Crippen LogP) is 2.46. The van der Waals surface area contributed by atoms with Gasteiger partial charge in [0.2, 0.25) is 0 Å². The van der Waals surface area contributed by atoms with Crippen molar-refractivity contribution in [3.63, 3.8) is 0 Å². The van der Waals surface area contributed by atoms with Gasteiger partial charge in [-0.25, -0.2) is 4.98 Å². The molecule has 0 saturated heterocycles. The Hall–Kier alpha value is -2.91. The van der Waals surface area contributed by atoms with E-state index in [1.165, 1.54) is 17.4 Å². The van der Waals surface area contributed by atoms with Crippen LogP contribution in [-0.2, 0) is 4.79 Å². The van der Waals surface area contributed by atoms with Crippen molar-refractivity contribution in [1.82, 2.24) is 9.38 Å². The van der Waals surface area contributed by atoms with Crippen LogP contribution in [0.3, 0.4) is 0 Å². The number of primary amides is 1. The van der Waals surface area contributed by atoms with E-state index >= 15 is 0 Å². The maximum atomic E-state index is 11.3. The van der Waals surface area contributed by atoms with Gasteiger partial charge in [0.1, 0.15) is 11.6 Å². The van der Waals surface area contributed by atoms with E-state index in [1.807, 2.05) is 52.4 Å². The minimum atomic E-state index is -0.748. The Kier molecular flexibility index (Phi) is 3.26. The Morgan fingerprint density at radius 1 is 1.38 bits per heavy atom. The van der Waals surface area contributed by atoms with E-state index in [0.29, 0.717) is 5.69 Å². The quantitative estimate of drug-likeness (QED) is 0.595. The fourth-order valence-corrected chi connectivity index (χ4v) is 2.77. The molecule has 0 spiro atoms. The summed E-state index contributed by atoms with van der Waals surface area (Å²) in [6.45, 7) is 0. The van der Waals surface area contributed by atoms with Gasteiger partial charge in [-0.1, -0.05) is 30.3 Å². The number of carbonyl (C=O) groups is 1. The van der Waals surface area contributed by atoms with Gasteiger partial charge in [-0.05, 0) is 6.08 Å². The zero-order valence-corrected chi connectivity index (χ0v) is 11.7. The smallest absolute Gasteiger partial charge is 0.259 e. The van der Waals surface area contributed by atoms with Crippen molar-refractivity contribution < 1.29 is 4.79 Å². The van der Waals surface area contributed by atoms with E-state index in [4.69, 9.17) is 11.0 Å². The molecule has 5 nitrogen and oxygen atoms in total. The van der Waals surface area contributed by atoms with Crippen molar-refractivity contribution in [2.45, 2.75) is 0 Å². The Morgan fingerprint density at radius 3 is 2.81 bits per heavy atom. The number of nitrogens with zero attached hydrogens (tertiary/aromatic N) is 3. The third-order valence-corrected chi connectivity index (χ3v) is 3.77. The van der Waals surface area contributed by atoms with E-state index in [-0.39, 0.29) is 5.57 Å². The first kappa shape index (κ1) is 13.1. The molecule has 2 N–H and O–H groups in total. The van der Waals surface area contributed by atoms with Gasteiger partial charge in [-0.3, -0.25) is 9.20 Å². The average molecular weight is 294 g/mol. The molecular weight excluding hydrogens is 284 g/mol. The van der Waals surface area contributed by atoms with Gasteiger partial charge >= 0.3 is 0 Å². The Bertz CT molecular complexity index is 883. The van der Waals surface area contributed by atoms with Crippen molar-refractivity contribution in [1.29, 1.82) is 5.26 Å². The number of hydrogen-bond acceptors (Lipinski definition) is 4. The summed E-state index contributed by atoms with van der Waals surface area (Å²) in [5.41, 5.74) is 7.43. The molecular formula is C15H10N4OS. The fraction of sp³-hybridized carbons (Fsp3) is 0. The number of hydrogen-bond donors (Lipinski definition) is 1. The maximum absolute atomic E-state index is 11.3. The standard InChI is InChI=1S/C15H10N4OS/c16-9-11(14(17)20)8-12-13(10-4-2-1-3-5-10)18-15-19(12)6-7-21-15/h1-8H,(H2,17,20)/b11-8-. The van der Waals surface area contributed by atoms with Gasteiger partial charge in [-0.2, -0.15) is 5.26 Å². The van der Waals surface area contributed by atoms with Gasteiger partial charge in [0.25, 0.3) is 5.91 Å². The van der Waals surface area contributed by atoms with Crippen molar-refractivity contribution in [3.05, 3.63) is 53.2 Å². The molecule has 0 unspecified atom stereocenters. The van der Waals surface area contributed by atoms with E-state index in [2.05, 4.69) is 4.98 Å². The molecule has 2 heterocycles. The number of amides is 1. The summed E-state index contributed by atoms with van der Waals surface area (Å²) in [5, 5.41) is 10.9. The number of nitriles is 1. The molecule has 3 aromatic rings. The summed E-state index contributed by atoms with van der Waals surface area (Å²) in [6.07, 6.45) is 3.33. The monoisotopic (exact) mass is 294 g/mol. The maximum Gasteiger partial charge on any atom is 0.259 e. The third kappa shape index (κ3) is 2.30. The molecule has 21 heavy (non-hydrogen) atoms. The van der Waals surface area contributed by atoms with Crippen LogP contribution in [0.25, 0.3) is 22.3 Å². The zero-order chi connectivity index (χ0) is 14.8. The number of carbonyl (C=O) groups excluding carboxylic acids is 1. The molecule has 2 aromatic heterocycles. The first-order valence-electron chi connectivity index (χ1n) is 6.13. The van der Waals surface area contributed by atoms with Crippen LogP contribution >= 0.6 is 11.3 Å². The molecule has 0 radical (unpaired) electrons. The summed E-state index contributed by atoms with van der Waals surface area (Å²) >= 11 is 1.48. The van der Waals surface area contributed by atoms with Crippen molar-refractivity contribution in [2.75, 3.05) is 0 Å². The highest BCUT2D eigenvalue weighted by Crippen LogP contribution is 2.28. The summed E-state index contributed by atoms with van der Waals surface area (Å²) in [5.74, 6) is -0.748. The van der Waals surface area contributed by atoms with E-state index in [9.17, 15) is 4.79 Å². The second kappa shape index (κ2) is 5.23. The van der Waals surface area contributed by atoms with Crippen molar-refractivity contribution in [2.24, 2.45) is 5.73 Å². The molecule has 0 aliphatic rings. The second-order valence-corrected chi connectivity index (χ2v) is 5.17. The number of fused-ring (bicyclic) bond motifs is 1. The normalized spacial score (nSPS) is 11.5. The third-order valence-electron chi connectivity index (χ3n) is 3.01. The molecule has 1 aromatic carbocycles. The molecule has 102 valence electrons. The van der Waals surface area contributed by atoms with Gasteiger partial charge in [0.05, 0.1) is 11.4 Å². The van der Waals surface area contributed by atoms with Crippen LogP contribution in [0.1, 0.15) is 5.69 Å². The lowest BCUT2D eigenvalue weighted by atomic mass is 10.1. The summed E-state index contributed by atoms with van der Waals surface area (Å²) in [7, 11) is 0. The molecule has 6 heteroatoms. The highest BCUT2D eigenvalue weighted by Gasteiger charge is 2.15. The Labute approximate surface area is 124 Å². The van der Waals surface area contributed by atoms with E-state index < -0.39 is 5.91 Å². The SMILES string of the molecule is N#C/C(=C/c1c(-c2ccccc2)nc2sccn12)C(N)=O. The first-order chi connectivity index (χ1) is 10.2. The summed E-state index contributed by atoms with van der Waals surface area (Å²) in [6, 6.07) is 11.4. The molecule has 0 saturated carbocycles. The molecule has 0 bridgehead atoms. The van der Waals surface area contributed by atoms with Crippen molar-refractivity contribution in [3.8, 4) is 17.3 Å². The number of imidazole rings is 1. The molecule has 3 rings (SSSR count). The summed E-state index contributed by atoms with van der Waals surface area (Å²) < 4.78 is 1.84. The van der Waals surface area contributed by atoms with Crippen LogP contribution in [0.4, 0.5) is 0 Å². The highest BCUT2D eigenvalue weighted by molar-refractivity contribution is 7.15. The topological polar surface area (TPSA) is 84.2 Å². The molecule has 1 amide bonds. The number of benzene rings is 1. The van der Waals surface area contributed by atoms with Crippen LogP contribution in [0, 0.1) is 11.3 Å². The van der Waals surface area contributed by atoms with Gasteiger partial charge in [0.15, 0.2) is 4.96 Å². The highest BCUT2D eigenvalue weighted by atomic mass is 32.1.